The van der Waals surface area contributed by atoms with Crippen LogP contribution in [0, 0.1) is 6.92 Å². The smallest absolute Gasteiger partial charge is 0.245 e. The Kier molecular flexibility index (Phi) is 4.67. The maximum atomic E-state index is 12.7. The van der Waals surface area contributed by atoms with Crippen molar-refractivity contribution in [2.75, 3.05) is 34.8 Å². The summed E-state index contributed by atoms with van der Waals surface area (Å²) in [5.41, 5.74) is 3.15. The molecule has 8 heteroatoms. The first-order valence-corrected chi connectivity index (χ1v) is 11.1. The second-order valence-corrected chi connectivity index (χ2v) is 9.60. The second kappa shape index (κ2) is 6.99. The Balaban J connectivity index is 1.48. The number of fused-ring (bicyclic) bond motifs is 1. The molecule has 144 valence electrons. The van der Waals surface area contributed by atoms with Crippen molar-refractivity contribution in [3.8, 4) is 0 Å². The lowest BCUT2D eigenvalue weighted by Gasteiger charge is -2.30. The summed E-state index contributed by atoms with van der Waals surface area (Å²) in [6.07, 6.45) is 2.60. The SMILES string of the molecule is Cc1cc(NC(=O)CN2CCCc3ccccc32)n(C2CCS(=O)(=O)C2)n1. The normalized spacial score (nSPS) is 21.1. The summed E-state index contributed by atoms with van der Waals surface area (Å²) in [7, 11) is -3.02. The molecule has 1 atom stereocenters. The highest BCUT2D eigenvalue weighted by Gasteiger charge is 2.31. The fraction of sp³-hybridized carbons (Fsp3) is 0.474. The number of carbonyl (C=O) groups is 1. The predicted octanol–water partition coefficient (Wildman–Crippen LogP) is 1.94. The number of nitrogens with one attached hydrogen (secondary N) is 1. The van der Waals surface area contributed by atoms with Gasteiger partial charge >= 0.3 is 0 Å². The van der Waals surface area contributed by atoms with Crippen LogP contribution in [-0.4, -0.2) is 48.7 Å². The van der Waals surface area contributed by atoms with E-state index in [2.05, 4.69) is 27.4 Å². The molecule has 4 rings (SSSR count). The number of aromatic nitrogens is 2. The van der Waals surface area contributed by atoms with E-state index in [4.69, 9.17) is 0 Å². The summed E-state index contributed by atoms with van der Waals surface area (Å²) in [5, 5.41) is 7.36. The van der Waals surface area contributed by atoms with E-state index in [1.807, 2.05) is 19.1 Å². The van der Waals surface area contributed by atoms with E-state index in [0.717, 1.165) is 30.8 Å². The maximum absolute atomic E-state index is 12.7. The van der Waals surface area contributed by atoms with E-state index >= 15 is 0 Å². The van der Waals surface area contributed by atoms with Gasteiger partial charge in [-0.05, 0) is 37.8 Å². The first-order valence-electron chi connectivity index (χ1n) is 9.30. The summed E-state index contributed by atoms with van der Waals surface area (Å²) in [6.45, 7) is 2.96. The monoisotopic (exact) mass is 388 g/mol. The Hall–Kier alpha value is -2.35. The molecule has 1 fully saturated rings. The molecule has 2 aliphatic heterocycles. The number of hydrogen-bond donors (Lipinski definition) is 1. The Morgan fingerprint density at radius 1 is 1.33 bits per heavy atom. The third kappa shape index (κ3) is 3.85. The summed E-state index contributed by atoms with van der Waals surface area (Å²) in [4.78, 5) is 14.8. The Morgan fingerprint density at radius 2 is 2.15 bits per heavy atom. The van der Waals surface area contributed by atoms with Crippen LogP contribution in [0.3, 0.4) is 0 Å². The van der Waals surface area contributed by atoms with Gasteiger partial charge in [-0.15, -0.1) is 0 Å². The molecule has 0 radical (unpaired) electrons. The number of para-hydroxylation sites is 1. The van der Waals surface area contributed by atoms with Crippen molar-refractivity contribution in [2.45, 2.75) is 32.2 Å². The van der Waals surface area contributed by atoms with E-state index in [1.165, 1.54) is 5.56 Å². The van der Waals surface area contributed by atoms with Gasteiger partial charge in [-0.1, -0.05) is 18.2 Å². The largest absolute Gasteiger partial charge is 0.362 e. The molecule has 1 unspecified atom stereocenters. The third-order valence-corrected chi connectivity index (χ3v) is 6.97. The molecule has 2 aliphatic rings. The molecule has 0 aliphatic carbocycles. The fourth-order valence-electron chi connectivity index (χ4n) is 3.99. The lowest BCUT2D eigenvalue weighted by Crippen LogP contribution is -2.37. The molecule has 1 saturated heterocycles. The van der Waals surface area contributed by atoms with E-state index in [9.17, 15) is 13.2 Å². The number of amides is 1. The van der Waals surface area contributed by atoms with Crippen LogP contribution >= 0.6 is 0 Å². The average Bonchev–Trinajstić information content (AvgIpc) is 3.17. The van der Waals surface area contributed by atoms with Crippen molar-refractivity contribution in [3.63, 3.8) is 0 Å². The highest BCUT2D eigenvalue weighted by Crippen LogP contribution is 2.28. The van der Waals surface area contributed by atoms with Crippen LogP contribution in [-0.2, 0) is 21.1 Å². The van der Waals surface area contributed by atoms with Gasteiger partial charge in [0.2, 0.25) is 5.91 Å². The number of sulfone groups is 1. The Morgan fingerprint density at radius 3 is 2.93 bits per heavy atom. The van der Waals surface area contributed by atoms with Gasteiger partial charge in [0.1, 0.15) is 5.82 Å². The van der Waals surface area contributed by atoms with Gasteiger partial charge in [-0.3, -0.25) is 4.79 Å². The highest BCUT2D eigenvalue weighted by atomic mass is 32.2. The van der Waals surface area contributed by atoms with E-state index in [0.29, 0.717) is 12.2 Å². The number of carbonyl (C=O) groups excluding carboxylic acids is 1. The number of benzene rings is 1. The molecule has 1 aromatic carbocycles. The van der Waals surface area contributed by atoms with Gasteiger partial charge < -0.3 is 10.2 Å². The first kappa shape index (κ1) is 18.0. The minimum Gasteiger partial charge on any atom is -0.362 e. The fourth-order valence-corrected chi connectivity index (χ4v) is 5.68. The van der Waals surface area contributed by atoms with E-state index < -0.39 is 9.84 Å². The quantitative estimate of drug-likeness (QED) is 0.865. The van der Waals surface area contributed by atoms with Gasteiger partial charge in [0.25, 0.3) is 0 Å². The van der Waals surface area contributed by atoms with Gasteiger partial charge in [0.05, 0.1) is 29.8 Å². The molecular weight excluding hydrogens is 364 g/mol. The van der Waals surface area contributed by atoms with Crippen LogP contribution in [0.4, 0.5) is 11.5 Å². The summed E-state index contributed by atoms with van der Waals surface area (Å²) in [5.74, 6) is 0.712. The molecule has 0 bridgehead atoms. The first-order chi connectivity index (χ1) is 12.9. The molecule has 1 amide bonds. The number of aryl methyl sites for hydroxylation is 2. The molecule has 27 heavy (non-hydrogen) atoms. The topological polar surface area (TPSA) is 84.3 Å². The van der Waals surface area contributed by atoms with Gasteiger partial charge in [0.15, 0.2) is 9.84 Å². The van der Waals surface area contributed by atoms with Crippen LogP contribution in [0.1, 0.15) is 30.1 Å². The van der Waals surface area contributed by atoms with E-state index in [1.54, 1.807) is 10.7 Å². The van der Waals surface area contributed by atoms with E-state index in [-0.39, 0.29) is 30.0 Å². The third-order valence-electron chi connectivity index (χ3n) is 5.22. The van der Waals surface area contributed by atoms with Crippen molar-refractivity contribution in [2.24, 2.45) is 0 Å². The number of nitrogens with zero attached hydrogens (tertiary/aromatic N) is 3. The lowest BCUT2D eigenvalue weighted by atomic mass is 10.0. The number of rotatable bonds is 4. The van der Waals surface area contributed by atoms with Crippen molar-refractivity contribution >= 4 is 27.2 Å². The average molecular weight is 388 g/mol. The minimum atomic E-state index is -3.02. The Bertz CT molecular complexity index is 967. The van der Waals surface area contributed by atoms with Crippen molar-refractivity contribution in [1.82, 2.24) is 9.78 Å². The number of hydrogen-bond acceptors (Lipinski definition) is 5. The van der Waals surface area contributed by atoms with Gasteiger partial charge in [0, 0.05) is 18.3 Å². The molecule has 0 spiro atoms. The zero-order valence-electron chi connectivity index (χ0n) is 15.4. The second-order valence-electron chi connectivity index (χ2n) is 7.37. The van der Waals surface area contributed by atoms with Gasteiger partial charge in [-0.25, -0.2) is 13.1 Å². The van der Waals surface area contributed by atoms with Crippen LogP contribution in [0.15, 0.2) is 30.3 Å². The molecule has 1 N–H and O–H groups in total. The van der Waals surface area contributed by atoms with Crippen molar-refractivity contribution in [1.29, 1.82) is 0 Å². The summed E-state index contributed by atoms with van der Waals surface area (Å²) in [6, 6.07) is 9.77. The lowest BCUT2D eigenvalue weighted by molar-refractivity contribution is -0.115. The van der Waals surface area contributed by atoms with Crippen LogP contribution in [0.5, 0.6) is 0 Å². The maximum Gasteiger partial charge on any atom is 0.245 e. The molecule has 2 aromatic rings. The summed E-state index contributed by atoms with van der Waals surface area (Å²) >= 11 is 0. The molecular formula is C19H24N4O3S. The molecule has 7 nitrogen and oxygen atoms in total. The van der Waals surface area contributed by atoms with Crippen molar-refractivity contribution < 1.29 is 13.2 Å². The van der Waals surface area contributed by atoms with Crippen molar-refractivity contribution in [3.05, 3.63) is 41.6 Å². The predicted molar refractivity (Wildman–Crippen MR) is 105 cm³/mol. The molecule has 3 heterocycles. The highest BCUT2D eigenvalue weighted by molar-refractivity contribution is 7.91. The molecule has 1 aromatic heterocycles. The van der Waals surface area contributed by atoms with Gasteiger partial charge in [-0.2, -0.15) is 5.10 Å². The number of anilines is 2. The van der Waals surface area contributed by atoms with Crippen LogP contribution < -0.4 is 10.2 Å². The summed E-state index contributed by atoms with van der Waals surface area (Å²) < 4.78 is 25.3. The molecule has 0 saturated carbocycles. The van der Waals surface area contributed by atoms with Crippen LogP contribution in [0.2, 0.25) is 0 Å². The Labute approximate surface area is 159 Å². The van der Waals surface area contributed by atoms with Crippen LogP contribution in [0.25, 0.3) is 0 Å². The minimum absolute atomic E-state index is 0.0799. The zero-order chi connectivity index (χ0) is 19.0. The zero-order valence-corrected chi connectivity index (χ0v) is 16.2. The standard InChI is InChI=1S/C19H24N4O3S/c1-14-11-18(23(21-14)16-8-10-27(25,26)13-16)20-19(24)12-22-9-4-6-15-5-2-3-7-17(15)22/h2-3,5,7,11,16H,4,6,8-10,12-13H2,1H3,(H,20,24).